The van der Waals surface area contributed by atoms with Gasteiger partial charge >= 0.3 is 0 Å². The largest absolute Gasteiger partial charge is 0.381 e. The van der Waals surface area contributed by atoms with Gasteiger partial charge in [-0.05, 0) is 43.6 Å². The standard InChI is InChI=1S/C26H38O8/c1-16-8-19(29-12-16)4-6-26-11-21(14-31-26)32-23-15-30-22-3-2-20(33-24(22)25(23)34-26)10-18(27)9-17-5-7-28-13-17/h17,19-25H,1-15H2/t17?,19?,20?,21-,22?,23?,24?,25?,26?/m1/s1. The Bertz CT molecular complexity index is 766. The summed E-state index contributed by atoms with van der Waals surface area (Å²) in [5.74, 6) is -0.0471. The SMILES string of the molecule is C=C1COC(CCC23C[C@H](CO2)OC2COC4CCC(CC(=O)CC5CCOC5)OC4C2O3)C1. The molecule has 0 amide bonds. The molecule has 6 saturated heterocycles. The summed E-state index contributed by atoms with van der Waals surface area (Å²) in [7, 11) is 0. The predicted octanol–water partition coefficient (Wildman–Crippen LogP) is 2.71. The van der Waals surface area contributed by atoms with E-state index in [2.05, 4.69) is 6.58 Å². The number of hydrogen-bond donors (Lipinski definition) is 0. The van der Waals surface area contributed by atoms with Gasteiger partial charge < -0.3 is 33.2 Å². The summed E-state index contributed by atoms with van der Waals surface area (Å²) in [6.07, 6.45) is 6.35. The van der Waals surface area contributed by atoms with Crippen LogP contribution in [0.15, 0.2) is 12.2 Å². The molecule has 0 N–H and O–H groups in total. The van der Waals surface area contributed by atoms with Gasteiger partial charge in [-0.1, -0.05) is 6.58 Å². The van der Waals surface area contributed by atoms with Gasteiger partial charge in [0, 0.05) is 38.9 Å². The van der Waals surface area contributed by atoms with Crippen molar-refractivity contribution in [1.82, 2.24) is 0 Å². The van der Waals surface area contributed by atoms with Crippen molar-refractivity contribution in [2.75, 3.05) is 33.0 Å². The Kier molecular flexibility index (Phi) is 6.84. The molecule has 190 valence electrons. The van der Waals surface area contributed by atoms with Gasteiger partial charge in [-0.15, -0.1) is 0 Å². The molecule has 0 saturated carbocycles. The molecule has 8 heteroatoms. The average Bonchev–Trinajstić information content (AvgIpc) is 3.54. The van der Waals surface area contributed by atoms with E-state index in [0.29, 0.717) is 45.2 Å². The molecular weight excluding hydrogens is 440 g/mol. The lowest BCUT2D eigenvalue weighted by molar-refractivity contribution is -0.321. The number of Topliss-reactive ketones (excluding diaryl/α,β-unsaturated/α-hetero) is 1. The van der Waals surface area contributed by atoms with Crippen molar-refractivity contribution in [1.29, 1.82) is 0 Å². The van der Waals surface area contributed by atoms with Crippen LogP contribution in [0, 0.1) is 5.92 Å². The minimum Gasteiger partial charge on any atom is -0.381 e. The summed E-state index contributed by atoms with van der Waals surface area (Å²) in [4.78, 5) is 12.7. The monoisotopic (exact) mass is 478 g/mol. The first-order valence-electron chi connectivity index (χ1n) is 13.2. The average molecular weight is 479 g/mol. The smallest absolute Gasteiger partial charge is 0.171 e. The van der Waals surface area contributed by atoms with E-state index < -0.39 is 5.79 Å². The zero-order chi connectivity index (χ0) is 23.1. The summed E-state index contributed by atoms with van der Waals surface area (Å²) >= 11 is 0. The van der Waals surface area contributed by atoms with E-state index in [0.717, 1.165) is 57.1 Å². The summed E-state index contributed by atoms with van der Waals surface area (Å²) in [6, 6.07) is 0. The highest BCUT2D eigenvalue weighted by Crippen LogP contribution is 2.44. The number of ether oxygens (including phenoxy) is 7. The summed E-state index contributed by atoms with van der Waals surface area (Å²) in [6.45, 7) is 7.22. The highest BCUT2D eigenvalue weighted by molar-refractivity contribution is 5.79. The molecule has 0 radical (unpaired) electrons. The third kappa shape index (κ3) is 5.01. The molecule has 8 unspecified atom stereocenters. The van der Waals surface area contributed by atoms with Crippen molar-refractivity contribution >= 4 is 5.78 Å². The maximum absolute atomic E-state index is 12.7. The van der Waals surface area contributed by atoms with E-state index in [9.17, 15) is 4.79 Å². The third-order valence-electron chi connectivity index (χ3n) is 8.33. The summed E-state index contributed by atoms with van der Waals surface area (Å²) in [5.41, 5.74) is 1.15. The maximum Gasteiger partial charge on any atom is 0.171 e. The molecule has 2 bridgehead atoms. The Hall–Kier alpha value is -0.870. The van der Waals surface area contributed by atoms with E-state index in [1.165, 1.54) is 0 Å². The molecule has 0 aromatic carbocycles. The Morgan fingerprint density at radius 3 is 2.74 bits per heavy atom. The van der Waals surface area contributed by atoms with Crippen molar-refractivity contribution in [2.24, 2.45) is 5.92 Å². The minimum atomic E-state index is -0.673. The molecule has 6 rings (SSSR count). The topological polar surface area (TPSA) is 81.7 Å². The van der Waals surface area contributed by atoms with Gasteiger partial charge in [-0.2, -0.15) is 0 Å². The van der Waals surface area contributed by atoms with Gasteiger partial charge in [0.05, 0.1) is 44.2 Å². The molecule has 6 aliphatic heterocycles. The Morgan fingerprint density at radius 2 is 1.91 bits per heavy atom. The van der Waals surface area contributed by atoms with Crippen molar-refractivity contribution in [3.05, 3.63) is 12.2 Å². The van der Waals surface area contributed by atoms with Gasteiger partial charge in [0.1, 0.15) is 24.1 Å². The lowest BCUT2D eigenvalue weighted by Gasteiger charge is -2.48. The molecule has 8 nitrogen and oxygen atoms in total. The first-order chi connectivity index (χ1) is 16.6. The van der Waals surface area contributed by atoms with Gasteiger partial charge in [0.2, 0.25) is 0 Å². The predicted molar refractivity (Wildman–Crippen MR) is 120 cm³/mol. The molecular formula is C26H38O8. The van der Waals surface area contributed by atoms with Gasteiger partial charge in [0.15, 0.2) is 5.79 Å². The van der Waals surface area contributed by atoms with E-state index in [1.54, 1.807) is 0 Å². The quantitative estimate of drug-likeness (QED) is 0.517. The fourth-order valence-corrected chi connectivity index (χ4v) is 6.55. The van der Waals surface area contributed by atoms with Crippen LogP contribution in [0.3, 0.4) is 0 Å². The fourth-order valence-electron chi connectivity index (χ4n) is 6.55. The molecule has 6 aliphatic rings. The van der Waals surface area contributed by atoms with Crippen LogP contribution in [-0.4, -0.2) is 87.3 Å². The number of carbonyl (C=O) groups excluding carboxylic acids is 1. The van der Waals surface area contributed by atoms with E-state index in [1.807, 2.05) is 0 Å². The maximum atomic E-state index is 12.7. The molecule has 0 aromatic rings. The van der Waals surface area contributed by atoms with E-state index in [4.69, 9.17) is 33.2 Å². The summed E-state index contributed by atoms with van der Waals surface area (Å²) in [5, 5.41) is 0. The highest BCUT2D eigenvalue weighted by atomic mass is 16.7. The van der Waals surface area contributed by atoms with Crippen LogP contribution >= 0.6 is 0 Å². The summed E-state index contributed by atoms with van der Waals surface area (Å²) < 4.78 is 43.4. The number of carbonyl (C=O) groups is 1. The second-order valence-electron chi connectivity index (χ2n) is 11.1. The van der Waals surface area contributed by atoms with Gasteiger partial charge in [-0.25, -0.2) is 0 Å². The first kappa shape index (κ1) is 23.5. The lowest BCUT2D eigenvalue weighted by atomic mass is 9.89. The Balaban J connectivity index is 1.10. The Morgan fingerprint density at radius 1 is 0.971 bits per heavy atom. The molecule has 0 aliphatic carbocycles. The number of rotatable bonds is 7. The van der Waals surface area contributed by atoms with Crippen molar-refractivity contribution in [2.45, 2.75) is 106 Å². The van der Waals surface area contributed by atoms with Crippen LogP contribution in [0.25, 0.3) is 0 Å². The second-order valence-corrected chi connectivity index (χ2v) is 11.1. The number of hydrogen-bond acceptors (Lipinski definition) is 8. The van der Waals surface area contributed by atoms with E-state index in [-0.39, 0.29) is 48.5 Å². The zero-order valence-electron chi connectivity index (χ0n) is 20.0. The van der Waals surface area contributed by atoms with Crippen molar-refractivity contribution in [3.8, 4) is 0 Å². The van der Waals surface area contributed by atoms with Crippen LogP contribution in [0.1, 0.15) is 57.8 Å². The number of ketones is 1. The molecule has 0 spiro atoms. The molecule has 0 aromatic heterocycles. The molecule has 6 fully saturated rings. The van der Waals surface area contributed by atoms with Crippen LogP contribution in [0.5, 0.6) is 0 Å². The Labute approximate surface area is 201 Å². The second kappa shape index (κ2) is 9.88. The third-order valence-corrected chi connectivity index (χ3v) is 8.33. The van der Waals surface area contributed by atoms with Crippen LogP contribution < -0.4 is 0 Å². The molecule has 34 heavy (non-hydrogen) atoms. The van der Waals surface area contributed by atoms with Gasteiger partial charge in [-0.3, -0.25) is 4.79 Å². The molecule has 6 heterocycles. The van der Waals surface area contributed by atoms with Crippen LogP contribution in [-0.2, 0) is 38.0 Å². The van der Waals surface area contributed by atoms with E-state index >= 15 is 0 Å². The normalized spacial score (nSPS) is 46.2. The van der Waals surface area contributed by atoms with Crippen LogP contribution in [0.2, 0.25) is 0 Å². The zero-order valence-corrected chi connectivity index (χ0v) is 20.0. The van der Waals surface area contributed by atoms with Gasteiger partial charge in [0.25, 0.3) is 0 Å². The van der Waals surface area contributed by atoms with Crippen LogP contribution in [0.4, 0.5) is 0 Å². The van der Waals surface area contributed by atoms with Crippen molar-refractivity contribution in [3.63, 3.8) is 0 Å². The van der Waals surface area contributed by atoms with Crippen molar-refractivity contribution < 1.29 is 38.0 Å². The lowest BCUT2D eigenvalue weighted by Crippen LogP contribution is -2.60. The number of fused-ring (bicyclic) bond motifs is 5. The fraction of sp³-hybridized carbons (Fsp3) is 0.885. The molecule has 9 atom stereocenters. The highest BCUT2D eigenvalue weighted by Gasteiger charge is 2.55. The first-order valence-corrected chi connectivity index (χ1v) is 13.2. The minimum absolute atomic E-state index is 0.00390.